The molecule has 1 atom stereocenters. The molecule has 0 aliphatic carbocycles. The molecule has 12 nitrogen and oxygen atoms in total. The van der Waals surface area contributed by atoms with E-state index in [1.54, 1.807) is 0 Å². The fraction of sp³-hybridized carbons (Fsp3) is 0.211. The van der Waals surface area contributed by atoms with Gasteiger partial charge in [-0.3, -0.25) is 35.3 Å². The van der Waals surface area contributed by atoms with Crippen LogP contribution >= 0.6 is 0 Å². The van der Waals surface area contributed by atoms with E-state index in [4.69, 9.17) is 0 Å². The van der Waals surface area contributed by atoms with Crippen LogP contribution in [0.5, 0.6) is 0 Å². The summed E-state index contributed by atoms with van der Waals surface area (Å²) in [5.74, 6) is 0. The van der Waals surface area contributed by atoms with Gasteiger partial charge in [-0.1, -0.05) is 0 Å². The molecule has 178 valence electrons. The molecule has 0 saturated carbocycles. The number of nitro benzene ring substituents is 3. The fourth-order valence-electron chi connectivity index (χ4n) is 3.23. The molecule has 0 unspecified atom stereocenters. The number of hydrogen-bond donors (Lipinski definition) is 2. The number of nitro groups is 3. The molecule has 0 saturated heterocycles. The van der Waals surface area contributed by atoms with Gasteiger partial charge in [0.2, 0.25) is 0 Å². The SMILES string of the molecule is C[C@H](CNc1ccc([N+](=O)[O-])c2cccnc12)Nc1c([N+](=O)[O-])cc(C(F)(F)F)cc1[N+](=O)[O-]. The van der Waals surface area contributed by atoms with Crippen LogP contribution in [0.15, 0.2) is 42.6 Å². The molecule has 2 N–H and O–H groups in total. The minimum absolute atomic E-state index is 0.0151. The summed E-state index contributed by atoms with van der Waals surface area (Å²) < 4.78 is 39.2. The van der Waals surface area contributed by atoms with E-state index in [0.717, 1.165) is 0 Å². The third-order valence-electron chi connectivity index (χ3n) is 4.75. The van der Waals surface area contributed by atoms with Crippen molar-refractivity contribution in [1.29, 1.82) is 0 Å². The molecule has 2 aromatic carbocycles. The zero-order valence-corrected chi connectivity index (χ0v) is 17.2. The zero-order valence-electron chi connectivity index (χ0n) is 17.2. The number of alkyl halides is 3. The van der Waals surface area contributed by atoms with Gasteiger partial charge in [0.25, 0.3) is 17.1 Å². The van der Waals surface area contributed by atoms with E-state index in [9.17, 15) is 43.5 Å². The van der Waals surface area contributed by atoms with Crippen LogP contribution in [0.25, 0.3) is 10.9 Å². The van der Waals surface area contributed by atoms with Gasteiger partial charge < -0.3 is 10.6 Å². The first-order valence-electron chi connectivity index (χ1n) is 9.46. The lowest BCUT2D eigenvalue weighted by molar-refractivity contribution is -0.392. The Morgan fingerprint density at radius 1 is 0.971 bits per heavy atom. The normalized spacial score (nSPS) is 12.2. The smallest absolute Gasteiger partial charge is 0.381 e. The molecule has 0 aliphatic heterocycles. The standard InChI is InChI=1S/C19H15F3N6O6/c1-10(9-24-13-4-5-14(26(29)30)12-3-2-6-23-17(12)13)25-18-15(27(31)32)7-11(19(20,21)22)8-16(18)28(33)34/h2-8,10,24-25H,9H2,1H3/t10-/m1/s1. The van der Waals surface area contributed by atoms with Crippen LogP contribution in [-0.2, 0) is 6.18 Å². The van der Waals surface area contributed by atoms with E-state index in [2.05, 4.69) is 15.6 Å². The quantitative estimate of drug-likeness (QED) is 0.337. The highest BCUT2D eigenvalue weighted by molar-refractivity contribution is 5.96. The lowest BCUT2D eigenvalue weighted by Gasteiger charge is -2.18. The predicted octanol–water partition coefficient (Wildman–Crippen LogP) is 4.89. The Kier molecular flexibility index (Phi) is 6.47. The fourth-order valence-corrected chi connectivity index (χ4v) is 3.23. The molecule has 34 heavy (non-hydrogen) atoms. The third kappa shape index (κ3) is 4.92. The number of non-ortho nitro benzene ring substituents is 1. The number of benzene rings is 2. The van der Waals surface area contributed by atoms with Crippen molar-refractivity contribution in [3.8, 4) is 0 Å². The molecule has 3 rings (SSSR count). The summed E-state index contributed by atoms with van der Waals surface area (Å²) in [6.07, 6.45) is -3.60. The van der Waals surface area contributed by atoms with Crippen molar-refractivity contribution in [3.63, 3.8) is 0 Å². The average molecular weight is 480 g/mol. The number of fused-ring (bicyclic) bond motifs is 1. The van der Waals surface area contributed by atoms with Gasteiger partial charge in [-0.05, 0) is 25.1 Å². The summed E-state index contributed by atoms with van der Waals surface area (Å²) in [4.78, 5) is 35.2. The van der Waals surface area contributed by atoms with Crippen molar-refractivity contribution in [1.82, 2.24) is 4.98 Å². The van der Waals surface area contributed by atoms with Crippen molar-refractivity contribution >= 4 is 39.3 Å². The lowest BCUT2D eigenvalue weighted by Crippen LogP contribution is -2.26. The number of nitrogens with zero attached hydrogens (tertiary/aromatic N) is 4. The van der Waals surface area contributed by atoms with Gasteiger partial charge >= 0.3 is 6.18 Å². The highest BCUT2D eigenvalue weighted by atomic mass is 19.4. The van der Waals surface area contributed by atoms with E-state index in [1.807, 2.05) is 0 Å². The number of halogens is 3. The second-order valence-corrected chi connectivity index (χ2v) is 7.12. The topological polar surface area (TPSA) is 166 Å². The minimum Gasteiger partial charge on any atom is -0.381 e. The van der Waals surface area contributed by atoms with Gasteiger partial charge in [-0.25, -0.2) is 0 Å². The zero-order chi connectivity index (χ0) is 25.2. The molecule has 0 aliphatic rings. The van der Waals surface area contributed by atoms with Crippen LogP contribution in [0.1, 0.15) is 12.5 Å². The summed E-state index contributed by atoms with van der Waals surface area (Å²) in [7, 11) is 0. The van der Waals surface area contributed by atoms with Crippen LogP contribution in [0.3, 0.4) is 0 Å². The Morgan fingerprint density at radius 2 is 1.56 bits per heavy atom. The summed E-state index contributed by atoms with van der Waals surface area (Å²) in [5, 5.41) is 39.7. The van der Waals surface area contributed by atoms with Crippen molar-refractivity contribution in [2.24, 2.45) is 0 Å². The number of aromatic nitrogens is 1. The minimum atomic E-state index is -5.02. The number of pyridine rings is 1. The van der Waals surface area contributed by atoms with E-state index < -0.39 is 49.6 Å². The van der Waals surface area contributed by atoms with Crippen molar-refractivity contribution in [2.75, 3.05) is 17.2 Å². The van der Waals surface area contributed by atoms with Crippen LogP contribution in [0, 0.1) is 30.3 Å². The van der Waals surface area contributed by atoms with Crippen molar-refractivity contribution < 1.29 is 27.9 Å². The van der Waals surface area contributed by atoms with Gasteiger partial charge in [0, 0.05) is 37.0 Å². The molecule has 0 fully saturated rings. The maximum Gasteiger partial charge on any atom is 0.416 e. The molecular weight excluding hydrogens is 465 g/mol. The van der Waals surface area contributed by atoms with Gasteiger partial charge in [0.15, 0.2) is 5.69 Å². The Labute approximate surface area is 187 Å². The van der Waals surface area contributed by atoms with E-state index in [1.165, 1.54) is 37.4 Å². The Balaban J connectivity index is 1.90. The highest BCUT2D eigenvalue weighted by Crippen LogP contribution is 2.41. The largest absolute Gasteiger partial charge is 0.416 e. The molecule has 0 radical (unpaired) electrons. The van der Waals surface area contributed by atoms with Crippen LogP contribution < -0.4 is 10.6 Å². The molecule has 3 aromatic rings. The van der Waals surface area contributed by atoms with Crippen molar-refractivity contribution in [2.45, 2.75) is 19.1 Å². The van der Waals surface area contributed by atoms with Gasteiger partial charge in [-0.15, -0.1) is 0 Å². The first-order chi connectivity index (χ1) is 15.9. The lowest BCUT2D eigenvalue weighted by atomic mass is 10.1. The monoisotopic (exact) mass is 480 g/mol. The van der Waals surface area contributed by atoms with E-state index in [0.29, 0.717) is 5.69 Å². The number of rotatable bonds is 8. The molecule has 0 amide bonds. The van der Waals surface area contributed by atoms with Gasteiger partial charge in [0.05, 0.1) is 31.4 Å². The van der Waals surface area contributed by atoms with E-state index >= 15 is 0 Å². The molecule has 0 spiro atoms. The summed E-state index contributed by atoms with van der Waals surface area (Å²) >= 11 is 0. The highest BCUT2D eigenvalue weighted by Gasteiger charge is 2.38. The average Bonchev–Trinajstić information content (AvgIpc) is 2.76. The predicted molar refractivity (Wildman–Crippen MR) is 115 cm³/mol. The summed E-state index contributed by atoms with van der Waals surface area (Å²) in [6, 6.07) is 5.38. The van der Waals surface area contributed by atoms with Crippen LogP contribution in [0.2, 0.25) is 0 Å². The number of hydrogen-bond acceptors (Lipinski definition) is 9. The molecular formula is C19H15F3N6O6. The van der Waals surface area contributed by atoms with Gasteiger partial charge in [-0.2, -0.15) is 13.2 Å². The first-order valence-corrected chi connectivity index (χ1v) is 9.46. The number of anilines is 2. The second kappa shape index (κ2) is 9.13. The van der Waals surface area contributed by atoms with E-state index in [-0.39, 0.29) is 35.3 Å². The summed E-state index contributed by atoms with van der Waals surface area (Å²) in [5.41, 5.74) is -3.92. The van der Waals surface area contributed by atoms with Gasteiger partial charge in [0.1, 0.15) is 5.52 Å². The molecule has 1 heterocycles. The Hall–Kier alpha value is -4.56. The maximum absolute atomic E-state index is 13.1. The van der Waals surface area contributed by atoms with Crippen LogP contribution in [0.4, 0.5) is 41.6 Å². The maximum atomic E-state index is 13.1. The third-order valence-corrected chi connectivity index (χ3v) is 4.75. The first kappa shape index (κ1) is 24.1. The molecule has 0 bridgehead atoms. The Morgan fingerprint density at radius 3 is 2.09 bits per heavy atom. The van der Waals surface area contributed by atoms with Crippen LogP contribution in [-0.4, -0.2) is 32.3 Å². The summed E-state index contributed by atoms with van der Waals surface area (Å²) in [6.45, 7) is 1.47. The molecule has 15 heteroatoms. The number of nitrogens with one attached hydrogen (secondary N) is 2. The second-order valence-electron chi connectivity index (χ2n) is 7.12. The Bertz CT molecular complexity index is 1260. The molecule has 1 aromatic heterocycles. The van der Waals surface area contributed by atoms with Crippen molar-refractivity contribution in [3.05, 3.63) is 78.5 Å².